The number of anilines is 1. The van der Waals surface area contributed by atoms with Crippen molar-refractivity contribution in [2.24, 2.45) is 0 Å². The van der Waals surface area contributed by atoms with Crippen LogP contribution in [0.15, 0.2) is 140 Å². The van der Waals surface area contributed by atoms with Gasteiger partial charge < -0.3 is 15.4 Å². The van der Waals surface area contributed by atoms with Gasteiger partial charge in [-0.2, -0.15) is 0 Å². The van der Waals surface area contributed by atoms with Gasteiger partial charge in [-0.3, -0.25) is 10.2 Å². The number of ether oxygens (including phenoxy) is 1. The van der Waals surface area contributed by atoms with E-state index in [4.69, 9.17) is 10.1 Å². The third-order valence-corrected chi connectivity index (χ3v) is 8.78. The molecule has 0 radical (unpaired) electrons. The summed E-state index contributed by atoms with van der Waals surface area (Å²) in [6, 6.07) is 45.7. The summed E-state index contributed by atoms with van der Waals surface area (Å²) >= 11 is 0. The summed E-state index contributed by atoms with van der Waals surface area (Å²) in [5, 5.41) is 14.7. The normalized spacial score (nSPS) is 12.8. The Morgan fingerprint density at radius 3 is 1.79 bits per heavy atom. The molecule has 5 aromatic carbocycles. The van der Waals surface area contributed by atoms with Crippen molar-refractivity contribution >= 4 is 36.4 Å². The van der Waals surface area contributed by atoms with E-state index in [1.807, 2.05) is 66.7 Å². The van der Waals surface area contributed by atoms with Crippen molar-refractivity contribution in [3.8, 4) is 0 Å². The van der Waals surface area contributed by atoms with Crippen LogP contribution >= 0.6 is 12.4 Å². The average molecular weight is 659 g/mol. The van der Waals surface area contributed by atoms with E-state index in [0.717, 1.165) is 22.4 Å². The van der Waals surface area contributed by atoms with Crippen LogP contribution in [-0.2, 0) is 35.5 Å². The molecule has 7 nitrogen and oxygen atoms in total. The van der Waals surface area contributed by atoms with E-state index in [0.29, 0.717) is 31.6 Å². The Balaban J connectivity index is 0.00000451. The molecule has 6 rings (SSSR count). The fourth-order valence-corrected chi connectivity index (χ4v) is 6.22. The zero-order chi connectivity index (χ0) is 32.5. The van der Waals surface area contributed by atoms with E-state index in [2.05, 4.69) is 71.3 Å². The molecule has 0 spiro atoms. The van der Waals surface area contributed by atoms with Crippen LogP contribution in [0, 0.1) is 5.41 Å². The van der Waals surface area contributed by atoms with Gasteiger partial charge in [-0.25, -0.2) is 9.69 Å². The van der Waals surface area contributed by atoms with E-state index in [-0.39, 0.29) is 30.8 Å². The van der Waals surface area contributed by atoms with Crippen LogP contribution in [0.4, 0.5) is 10.5 Å². The second-order valence-corrected chi connectivity index (χ2v) is 11.8. The van der Waals surface area contributed by atoms with Crippen LogP contribution in [0.25, 0.3) is 0 Å². The lowest BCUT2D eigenvalue weighted by atomic mass is 9.88. The molecule has 244 valence electrons. The Morgan fingerprint density at radius 2 is 1.25 bits per heavy atom. The molecule has 0 bridgehead atoms. The van der Waals surface area contributed by atoms with Gasteiger partial charge in [0, 0.05) is 31.8 Å². The number of halogens is 1. The molecule has 0 fully saturated rings. The van der Waals surface area contributed by atoms with E-state index < -0.39 is 11.6 Å². The Bertz CT molecular complexity index is 1740. The zero-order valence-electron chi connectivity index (χ0n) is 26.5. The first-order valence-corrected chi connectivity index (χ1v) is 15.8. The summed E-state index contributed by atoms with van der Waals surface area (Å²) in [7, 11) is 0. The van der Waals surface area contributed by atoms with Gasteiger partial charge in [0.15, 0.2) is 0 Å². The molecule has 1 aliphatic rings. The smallest absolute Gasteiger partial charge is 0.420 e. The number of fused-ring (bicyclic) bond motifs is 1. The quantitative estimate of drug-likeness (QED) is 0.0960. The van der Waals surface area contributed by atoms with Gasteiger partial charge in [-0.1, -0.05) is 127 Å². The monoisotopic (exact) mass is 658 g/mol. The minimum absolute atomic E-state index is 0. The Morgan fingerprint density at radius 1 is 0.729 bits per heavy atom. The fraction of sp³-hybridized carbons (Fsp3) is 0.175. The van der Waals surface area contributed by atoms with Crippen molar-refractivity contribution in [1.82, 2.24) is 10.6 Å². The van der Waals surface area contributed by atoms with Crippen molar-refractivity contribution in [2.45, 2.75) is 37.5 Å². The highest BCUT2D eigenvalue weighted by molar-refractivity contribution is 6.04. The van der Waals surface area contributed by atoms with Gasteiger partial charge >= 0.3 is 6.09 Å². The molecule has 5 aromatic rings. The zero-order valence-corrected chi connectivity index (χ0v) is 27.4. The molecule has 0 unspecified atom stereocenters. The Hall–Kier alpha value is -5.24. The van der Waals surface area contributed by atoms with Crippen molar-refractivity contribution < 1.29 is 14.3 Å². The molecular weight excluding hydrogens is 620 g/mol. The maximum absolute atomic E-state index is 14.1. The predicted molar refractivity (Wildman–Crippen MR) is 193 cm³/mol. The van der Waals surface area contributed by atoms with Gasteiger partial charge in [0.25, 0.3) is 0 Å². The summed E-state index contributed by atoms with van der Waals surface area (Å²) in [4.78, 5) is 28.0. The number of nitrogens with one attached hydrogen (secondary N) is 3. The summed E-state index contributed by atoms with van der Waals surface area (Å²) in [6.45, 7) is 1.04. The largest absolute Gasteiger partial charge is 0.444 e. The number of amides is 2. The minimum atomic E-state index is -0.801. The Labute approximate surface area is 287 Å². The number of hydrogen-bond acceptors (Lipinski definition) is 5. The third-order valence-electron chi connectivity index (χ3n) is 8.78. The SMILES string of the molecule is Cl.N=CN(C(=O)OCc1ccccc1)c1ccc(CNC(=O)C2(NCC(c3ccccc3)c3ccccc3)Cc3ccccc3C2)cc1. The van der Waals surface area contributed by atoms with Crippen molar-refractivity contribution in [2.75, 3.05) is 11.4 Å². The highest BCUT2D eigenvalue weighted by atomic mass is 35.5. The summed E-state index contributed by atoms with van der Waals surface area (Å²) in [6.07, 6.45) is 1.51. The molecule has 0 saturated carbocycles. The topological polar surface area (TPSA) is 94.5 Å². The molecule has 3 N–H and O–H groups in total. The fourth-order valence-electron chi connectivity index (χ4n) is 6.22. The van der Waals surface area contributed by atoms with Crippen LogP contribution in [0.1, 0.15) is 39.3 Å². The third kappa shape index (κ3) is 8.00. The van der Waals surface area contributed by atoms with Gasteiger partial charge in [0.2, 0.25) is 5.91 Å². The predicted octanol–water partition coefficient (Wildman–Crippen LogP) is 7.43. The first kappa shape index (κ1) is 34.1. The lowest BCUT2D eigenvalue weighted by Gasteiger charge is -2.32. The summed E-state index contributed by atoms with van der Waals surface area (Å²) < 4.78 is 5.41. The van der Waals surface area contributed by atoms with Crippen molar-refractivity contribution in [1.29, 1.82) is 5.41 Å². The number of hydrogen-bond donors (Lipinski definition) is 3. The molecule has 8 heteroatoms. The summed E-state index contributed by atoms with van der Waals surface area (Å²) in [5.41, 5.74) is 6.20. The van der Waals surface area contributed by atoms with Gasteiger partial charge in [-0.15, -0.1) is 12.4 Å². The number of carbonyl (C=O) groups is 2. The maximum Gasteiger partial charge on any atom is 0.420 e. The van der Waals surface area contributed by atoms with Crippen molar-refractivity contribution in [3.05, 3.63) is 173 Å². The van der Waals surface area contributed by atoms with Crippen molar-refractivity contribution in [3.63, 3.8) is 0 Å². The van der Waals surface area contributed by atoms with E-state index in [1.165, 1.54) is 22.3 Å². The number of benzene rings is 5. The molecule has 0 saturated heterocycles. The van der Waals surface area contributed by atoms with Crippen LogP contribution in [0.3, 0.4) is 0 Å². The molecule has 0 heterocycles. The summed E-state index contributed by atoms with van der Waals surface area (Å²) in [5.74, 6) is 0.0257. The molecular formula is C40H39ClN4O3. The van der Waals surface area contributed by atoms with Crippen LogP contribution in [0.5, 0.6) is 0 Å². The number of rotatable bonds is 12. The second-order valence-electron chi connectivity index (χ2n) is 11.8. The lowest BCUT2D eigenvalue weighted by Crippen LogP contribution is -2.58. The first-order valence-electron chi connectivity index (χ1n) is 15.8. The Kier molecular flexibility index (Phi) is 11.4. The molecule has 1 aliphatic carbocycles. The first-order chi connectivity index (χ1) is 23.0. The average Bonchev–Trinajstić information content (AvgIpc) is 3.52. The number of nitrogens with zero attached hydrogens (tertiary/aromatic N) is 1. The molecule has 0 atom stereocenters. The van der Waals surface area contributed by atoms with E-state index >= 15 is 0 Å². The van der Waals surface area contributed by atoms with Gasteiger partial charge in [0.1, 0.15) is 12.1 Å². The second kappa shape index (κ2) is 16.0. The highest BCUT2D eigenvalue weighted by Crippen LogP contribution is 2.32. The molecule has 0 aliphatic heterocycles. The lowest BCUT2D eigenvalue weighted by molar-refractivity contribution is -0.127. The van der Waals surface area contributed by atoms with E-state index in [1.54, 1.807) is 12.1 Å². The van der Waals surface area contributed by atoms with Gasteiger partial charge in [0.05, 0.1) is 12.0 Å². The standard InChI is InChI=1S/C40H38N4O3.ClH/c41-29-44(39(46)47-28-31-12-4-1-5-13-31)36-22-20-30(21-23-36)26-42-38(45)40(24-34-18-10-11-19-35(34)25-40)43-27-37(32-14-6-2-7-15-32)33-16-8-3-9-17-33;/h1-23,29,37,41,43H,24-28H2,(H,42,45);1H. The molecule has 0 aromatic heterocycles. The van der Waals surface area contributed by atoms with Gasteiger partial charge in [-0.05, 0) is 45.5 Å². The number of carbonyl (C=O) groups excluding carboxylic acids is 2. The van der Waals surface area contributed by atoms with Crippen LogP contribution in [0.2, 0.25) is 0 Å². The molecule has 48 heavy (non-hydrogen) atoms. The van der Waals surface area contributed by atoms with Crippen LogP contribution in [-0.4, -0.2) is 30.4 Å². The van der Waals surface area contributed by atoms with E-state index in [9.17, 15) is 9.59 Å². The minimum Gasteiger partial charge on any atom is -0.444 e. The van der Waals surface area contributed by atoms with Crippen LogP contribution < -0.4 is 15.5 Å². The molecule has 2 amide bonds. The highest BCUT2D eigenvalue weighted by Gasteiger charge is 2.43. The maximum atomic E-state index is 14.1.